The van der Waals surface area contributed by atoms with Crippen molar-refractivity contribution in [2.45, 2.75) is 64.3 Å². The molecule has 0 bridgehead atoms. The van der Waals surface area contributed by atoms with Crippen LogP contribution in [0.5, 0.6) is 0 Å². The molecule has 0 spiro atoms. The van der Waals surface area contributed by atoms with Gasteiger partial charge in [-0.05, 0) is 88.4 Å². The highest BCUT2D eigenvalue weighted by Crippen LogP contribution is 2.28. The van der Waals surface area contributed by atoms with Crippen LogP contribution in [0.1, 0.15) is 56.9 Å². The highest BCUT2D eigenvalue weighted by molar-refractivity contribution is 5.93. The summed E-state index contributed by atoms with van der Waals surface area (Å²) in [6, 6.07) is 5.95. The van der Waals surface area contributed by atoms with E-state index in [1.807, 2.05) is 19.1 Å². The number of allylic oxidation sites excluding steroid dienone is 1. The second-order valence-corrected chi connectivity index (χ2v) is 9.36. The first-order valence-electron chi connectivity index (χ1n) is 11.8. The topological polar surface area (TPSA) is 35.6 Å². The van der Waals surface area contributed by atoms with E-state index in [0.717, 1.165) is 82.0 Å². The number of piperazine rings is 1. The lowest BCUT2D eigenvalue weighted by molar-refractivity contribution is -0.118. The van der Waals surface area contributed by atoms with E-state index in [4.69, 9.17) is 0 Å². The summed E-state index contributed by atoms with van der Waals surface area (Å²) in [6.45, 7) is 7.01. The molecule has 30 heavy (non-hydrogen) atoms. The number of hydrogen-bond acceptors (Lipinski definition) is 3. The molecule has 2 fully saturated rings. The van der Waals surface area contributed by atoms with Crippen LogP contribution in [0.2, 0.25) is 0 Å². The molecule has 164 valence electrons. The van der Waals surface area contributed by atoms with Gasteiger partial charge >= 0.3 is 0 Å². The van der Waals surface area contributed by atoms with Crippen LogP contribution < -0.4 is 10.2 Å². The molecule has 0 unspecified atom stereocenters. The highest BCUT2D eigenvalue weighted by atomic mass is 19.1. The van der Waals surface area contributed by atoms with Gasteiger partial charge in [0.2, 0.25) is 5.91 Å². The summed E-state index contributed by atoms with van der Waals surface area (Å²) >= 11 is 0. The maximum absolute atomic E-state index is 13.9. The number of carbonyl (C=O) groups is 1. The molecule has 1 saturated heterocycles. The molecule has 1 saturated carbocycles. The summed E-state index contributed by atoms with van der Waals surface area (Å²) in [7, 11) is 0. The first-order chi connectivity index (χ1) is 14.6. The van der Waals surface area contributed by atoms with Crippen LogP contribution in [0.25, 0.3) is 0 Å². The van der Waals surface area contributed by atoms with Gasteiger partial charge in [0.25, 0.3) is 0 Å². The lowest BCUT2D eigenvalue weighted by Gasteiger charge is -2.37. The quantitative estimate of drug-likeness (QED) is 0.749. The minimum atomic E-state index is -0.110. The van der Waals surface area contributed by atoms with Crippen LogP contribution in [0.4, 0.5) is 10.1 Å². The number of aryl methyl sites for hydroxylation is 1. The van der Waals surface area contributed by atoms with Gasteiger partial charge in [-0.15, -0.1) is 0 Å². The smallest absolute Gasteiger partial charge is 0.247 e. The molecule has 4 rings (SSSR count). The number of halogens is 1. The van der Waals surface area contributed by atoms with Crippen molar-refractivity contribution in [3.8, 4) is 0 Å². The van der Waals surface area contributed by atoms with Gasteiger partial charge in [0, 0.05) is 43.5 Å². The fourth-order valence-corrected chi connectivity index (χ4v) is 5.12. The predicted octanol–water partition coefficient (Wildman–Crippen LogP) is 4.43. The van der Waals surface area contributed by atoms with E-state index >= 15 is 0 Å². The molecule has 1 aromatic carbocycles. The average molecular weight is 414 g/mol. The van der Waals surface area contributed by atoms with Crippen LogP contribution in [-0.4, -0.2) is 49.6 Å². The van der Waals surface area contributed by atoms with Gasteiger partial charge in [-0.3, -0.25) is 9.69 Å². The summed E-state index contributed by atoms with van der Waals surface area (Å²) in [4.78, 5) is 17.1. The Morgan fingerprint density at radius 2 is 1.90 bits per heavy atom. The maximum Gasteiger partial charge on any atom is 0.247 e. The number of nitrogens with one attached hydrogen (secondary N) is 1. The van der Waals surface area contributed by atoms with Crippen molar-refractivity contribution in [2.24, 2.45) is 5.92 Å². The largest absolute Gasteiger partial charge is 0.369 e. The van der Waals surface area contributed by atoms with Crippen LogP contribution in [0.15, 0.2) is 29.8 Å². The average Bonchev–Trinajstić information content (AvgIpc) is 3.31. The number of benzene rings is 1. The van der Waals surface area contributed by atoms with Crippen LogP contribution in [-0.2, 0) is 4.79 Å². The minimum absolute atomic E-state index is 0.110. The van der Waals surface area contributed by atoms with Gasteiger partial charge in [-0.2, -0.15) is 0 Å². The molecule has 1 heterocycles. The van der Waals surface area contributed by atoms with Crippen LogP contribution in [0.3, 0.4) is 0 Å². The van der Waals surface area contributed by atoms with Crippen molar-refractivity contribution >= 4 is 11.6 Å². The Balaban J connectivity index is 1.13. The summed E-state index contributed by atoms with van der Waals surface area (Å²) < 4.78 is 13.9. The monoisotopic (exact) mass is 413 g/mol. The van der Waals surface area contributed by atoms with E-state index in [2.05, 4.69) is 21.2 Å². The van der Waals surface area contributed by atoms with Crippen molar-refractivity contribution in [1.29, 1.82) is 0 Å². The minimum Gasteiger partial charge on any atom is -0.369 e. The zero-order valence-electron chi connectivity index (χ0n) is 18.3. The van der Waals surface area contributed by atoms with Crippen LogP contribution >= 0.6 is 0 Å². The Bertz CT molecular complexity index is 762. The molecule has 1 amide bonds. The third kappa shape index (κ3) is 5.42. The van der Waals surface area contributed by atoms with Crippen molar-refractivity contribution in [3.05, 3.63) is 41.2 Å². The normalized spacial score (nSPS) is 25.3. The Kier molecular flexibility index (Phi) is 7.08. The first kappa shape index (κ1) is 21.4. The van der Waals surface area contributed by atoms with E-state index in [1.165, 1.54) is 19.3 Å². The van der Waals surface area contributed by atoms with E-state index < -0.39 is 0 Å². The summed E-state index contributed by atoms with van der Waals surface area (Å²) in [6.07, 6.45) is 11.2. The number of anilines is 1. The molecule has 0 aromatic heterocycles. The lowest BCUT2D eigenvalue weighted by Crippen LogP contribution is -2.47. The van der Waals surface area contributed by atoms with Crippen molar-refractivity contribution in [1.82, 2.24) is 10.2 Å². The molecule has 1 N–H and O–H groups in total. The third-order valence-corrected chi connectivity index (χ3v) is 7.26. The van der Waals surface area contributed by atoms with E-state index in [1.54, 1.807) is 6.07 Å². The Labute approximate surface area is 180 Å². The molecule has 1 aromatic rings. The molecule has 5 heteroatoms. The predicted molar refractivity (Wildman–Crippen MR) is 120 cm³/mol. The first-order valence-corrected chi connectivity index (χ1v) is 11.8. The van der Waals surface area contributed by atoms with E-state index in [0.29, 0.717) is 11.6 Å². The van der Waals surface area contributed by atoms with Gasteiger partial charge in [0.1, 0.15) is 5.82 Å². The number of hydrogen-bond donors (Lipinski definition) is 1. The maximum atomic E-state index is 13.9. The van der Waals surface area contributed by atoms with Gasteiger partial charge < -0.3 is 10.2 Å². The number of carbonyl (C=O) groups excluding carboxylic acids is 1. The third-order valence-electron chi connectivity index (χ3n) is 7.26. The second-order valence-electron chi connectivity index (χ2n) is 9.36. The van der Waals surface area contributed by atoms with Crippen molar-refractivity contribution in [3.63, 3.8) is 0 Å². The molecular formula is C25H36FN3O. The molecular weight excluding hydrogens is 377 g/mol. The van der Waals surface area contributed by atoms with Gasteiger partial charge in [-0.1, -0.05) is 12.1 Å². The SMILES string of the molecule is Cc1ccc(N2CCN(CC[C@H]3CC[C@H](NC(=O)C4=CCCC4)CC3)CC2)cc1F. The molecule has 2 aliphatic carbocycles. The second kappa shape index (κ2) is 9.95. The number of rotatable bonds is 6. The van der Waals surface area contributed by atoms with E-state index in [9.17, 15) is 9.18 Å². The molecule has 4 nitrogen and oxygen atoms in total. The standard InChI is InChI=1S/C25H36FN3O/c1-19-6-11-23(18-24(19)26)29-16-14-28(15-17-29)13-12-20-7-9-22(10-8-20)27-25(30)21-4-2-3-5-21/h4,6,11,18,20,22H,2-3,5,7-10,12-17H2,1H3,(H,27,30)/t20-,22-. The fraction of sp³-hybridized carbons (Fsp3) is 0.640. The van der Waals surface area contributed by atoms with Crippen LogP contribution in [0, 0.1) is 18.7 Å². The summed E-state index contributed by atoms with van der Waals surface area (Å²) in [5, 5.41) is 3.26. The fourth-order valence-electron chi connectivity index (χ4n) is 5.12. The van der Waals surface area contributed by atoms with Crippen molar-refractivity contribution in [2.75, 3.05) is 37.6 Å². The molecule has 1 aliphatic heterocycles. The molecule has 0 atom stereocenters. The number of amides is 1. The molecule has 0 radical (unpaired) electrons. The van der Waals surface area contributed by atoms with Crippen molar-refractivity contribution < 1.29 is 9.18 Å². The summed E-state index contributed by atoms with van der Waals surface area (Å²) in [5.74, 6) is 0.858. The van der Waals surface area contributed by atoms with Gasteiger partial charge in [-0.25, -0.2) is 4.39 Å². The highest BCUT2D eigenvalue weighted by Gasteiger charge is 2.25. The summed E-state index contributed by atoms with van der Waals surface area (Å²) in [5.41, 5.74) is 2.72. The Morgan fingerprint density at radius 3 is 2.57 bits per heavy atom. The zero-order chi connectivity index (χ0) is 20.9. The van der Waals surface area contributed by atoms with Gasteiger partial charge in [0.15, 0.2) is 0 Å². The Hall–Kier alpha value is -1.88. The lowest BCUT2D eigenvalue weighted by atomic mass is 9.84. The Morgan fingerprint density at radius 1 is 1.13 bits per heavy atom. The van der Waals surface area contributed by atoms with E-state index in [-0.39, 0.29) is 11.7 Å². The van der Waals surface area contributed by atoms with Gasteiger partial charge in [0.05, 0.1) is 0 Å². The molecule has 3 aliphatic rings. The zero-order valence-corrected chi connectivity index (χ0v) is 18.3. The number of nitrogens with zero attached hydrogens (tertiary/aromatic N) is 2.